The van der Waals surface area contributed by atoms with Crippen LogP contribution in [-0.4, -0.2) is 49.0 Å². The van der Waals surface area contributed by atoms with E-state index in [-0.39, 0.29) is 11.8 Å². The van der Waals surface area contributed by atoms with Gasteiger partial charge in [-0.3, -0.25) is 9.59 Å². The Labute approximate surface area is 229 Å². The molecule has 0 atom stereocenters. The molecule has 0 aliphatic heterocycles. The predicted octanol–water partition coefficient (Wildman–Crippen LogP) is 8.30. The number of hydrogen-bond donors (Lipinski definition) is 0. The molecule has 4 heteroatoms. The van der Waals surface area contributed by atoms with Crippen LogP contribution in [0.3, 0.4) is 0 Å². The molecule has 0 unspecified atom stereocenters. The second kappa shape index (κ2) is 20.3. The molecule has 0 fully saturated rings. The third kappa shape index (κ3) is 14.7. The maximum absolute atomic E-state index is 13.0. The zero-order valence-corrected chi connectivity index (χ0v) is 25.0. The molecule has 0 saturated carbocycles. The van der Waals surface area contributed by atoms with Crippen molar-refractivity contribution in [1.82, 2.24) is 0 Å². The van der Waals surface area contributed by atoms with Gasteiger partial charge in [-0.05, 0) is 50.8 Å². The zero-order valence-electron chi connectivity index (χ0n) is 25.0. The lowest BCUT2D eigenvalue weighted by molar-refractivity contribution is -0.917. The number of rotatable bonds is 23. The third-order valence-electron chi connectivity index (χ3n) is 8.18. The van der Waals surface area contributed by atoms with E-state index in [1.807, 2.05) is 6.07 Å². The van der Waals surface area contributed by atoms with E-state index in [1.165, 1.54) is 81.8 Å². The van der Waals surface area contributed by atoms with Crippen molar-refractivity contribution in [2.75, 3.05) is 32.8 Å². The highest BCUT2D eigenvalue weighted by Gasteiger charge is 2.27. The molecule has 4 nitrogen and oxygen atoms in total. The van der Waals surface area contributed by atoms with Crippen molar-refractivity contribution < 1.29 is 18.8 Å². The van der Waals surface area contributed by atoms with Gasteiger partial charge in [0.25, 0.3) is 0 Å². The summed E-state index contributed by atoms with van der Waals surface area (Å²) in [5, 5.41) is 0. The molecule has 0 aliphatic carbocycles. The minimum absolute atomic E-state index is 0.0877. The Morgan fingerprint density at radius 1 is 0.730 bits per heavy atom. The van der Waals surface area contributed by atoms with Crippen LogP contribution < -0.4 is 0 Å². The average molecular weight is 517 g/mol. The molecule has 212 valence electrons. The number of esters is 1. The van der Waals surface area contributed by atoms with Crippen LogP contribution in [0.25, 0.3) is 0 Å². The maximum atomic E-state index is 13.0. The Bertz CT molecular complexity index is 734. The molecule has 1 rings (SSSR count). The minimum Gasteiger partial charge on any atom is -0.460 e. The van der Waals surface area contributed by atoms with Crippen molar-refractivity contribution in [3.05, 3.63) is 34.9 Å². The van der Waals surface area contributed by atoms with Gasteiger partial charge >= 0.3 is 5.97 Å². The highest BCUT2D eigenvalue weighted by Crippen LogP contribution is 2.17. The molecule has 0 radical (unpaired) electrons. The number of benzene rings is 1. The number of ketones is 1. The number of hydrogen-bond acceptors (Lipinski definition) is 3. The lowest BCUT2D eigenvalue weighted by atomic mass is 9.97. The van der Waals surface area contributed by atoms with Gasteiger partial charge in [0.1, 0.15) is 19.7 Å². The third-order valence-corrected chi connectivity index (χ3v) is 8.18. The highest BCUT2D eigenvalue weighted by molar-refractivity contribution is 5.82. The van der Waals surface area contributed by atoms with Crippen LogP contribution in [0, 0.1) is 13.8 Å². The van der Waals surface area contributed by atoms with Crippen molar-refractivity contribution in [2.45, 2.75) is 131 Å². The number of likely N-dealkylation sites (N-methyl/N-ethyl adjacent to an activating group) is 1. The molecule has 0 heterocycles. The van der Waals surface area contributed by atoms with Crippen LogP contribution in [-0.2, 0) is 20.7 Å². The summed E-state index contributed by atoms with van der Waals surface area (Å²) in [5.74, 6) is 0.176. The number of ether oxygens (including phenoxy) is 1. The van der Waals surface area contributed by atoms with Gasteiger partial charge in [-0.25, -0.2) is 0 Å². The lowest BCUT2D eigenvalue weighted by Gasteiger charge is -2.36. The van der Waals surface area contributed by atoms with Gasteiger partial charge < -0.3 is 9.22 Å². The molecule has 1 aromatic carbocycles. The first-order chi connectivity index (χ1) is 17.9. The first-order valence-electron chi connectivity index (χ1n) is 15.4. The SMILES string of the molecule is CCCCCCCCCCCCCCCC(=O)OCC[N+](CC)(CC)CC(=O)Cc1c(C)cccc1C. The smallest absolute Gasteiger partial charge is 0.305 e. The predicted molar refractivity (Wildman–Crippen MR) is 157 cm³/mol. The van der Waals surface area contributed by atoms with Crippen LogP contribution in [0.1, 0.15) is 127 Å². The van der Waals surface area contributed by atoms with Gasteiger partial charge in [-0.1, -0.05) is 102 Å². The fourth-order valence-electron chi connectivity index (χ4n) is 5.31. The quantitative estimate of drug-likeness (QED) is 0.0834. The standard InChI is InChI=1S/C33H58NO3/c1-6-9-10-11-12-13-14-15-16-17-18-19-20-24-33(36)37-26-25-34(7-2,8-3)28-31(35)27-32-29(4)22-21-23-30(32)5/h21-23H,6-20,24-28H2,1-5H3/q+1. The molecular formula is C33H58NO3+. The van der Waals surface area contributed by atoms with Gasteiger partial charge in [0.05, 0.1) is 13.1 Å². The number of carbonyl (C=O) groups is 2. The Balaban J connectivity index is 2.18. The molecular weight excluding hydrogens is 458 g/mol. The Kier molecular flexibility index (Phi) is 18.3. The molecule has 0 saturated heterocycles. The molecule has 0 spiro atoms. The summed E-state index contributed by atoms with van der Waals surface area (Å²) in [4.78, 5) is 25.2. The Morgan fingerprint density at radius 3 is 1.70 bits per heavy atom. The average Bonchev–Trinajstić information content (AvgIpc) is 2.88. The van der Waals surface area contributed by atoms with E-state index in [0.717, 1.165) is 31.5 Å². The van der Waals surface area contributed by atoms with E-state index in [9.17, 15) is 9.59 Å². The second-order valence-corrected chi connectivity index (χ2v) is 11.2. The summed E-state index contributed by atoms with van der Waals surface area (Å²) in [5.41, 5.74) is 3.52. The maximum Gasteiger partial charge on any atom is 0.305 e. The van der Waals surface area contributed by atoms with Gasteiger partial charge in [-0.2, -0.15) is 0 Å². The van der Waals surface area contributed by atoms with Gasteiger partial charge in [-0.15, -0.1) is 0 Å². The molecule has 0 aliphatic rings. The molecule has 0 aromatic heterocycles. The van der Waals surface area contributed by atoms with Gasteiger partial charge in [0.2, 0.25) is 0 Å². The number of quaternary nitrogens is 1. The second-order valence-electron chi connectivity index (χ2n) is 11.2. The number of aryl methyl sites for hydroxylation is 2. The Morgan fingerprint density at radius 2 is 1.22 bits per heavy atom. The van der Waals surface area contributed by atoms with Crippen molar-refractivity contribution in [1.29, 1.82) is 0 Å². The van der Waals surface area contributed by atoms with E-state index in [4.69, 9.17) is 4.74 Å². The highest BCUT2D eigenvalue weighted by atomic mass is 16.5. The summed E-state index contributed by atoms with van der Waals surface area (Å²) >= 11 is 0. The molecule has 0 bridgehead atoms. The van der Waals surface area contributed by atoms with Crippen molar-refractivity contribution in [3.63, 3.8) is 0 Å². The molecule has 1 aromatic rings. The lowest BCUT2D eigenvalue weighted by Crippen LogP contribution is -2.53. The van der Waals surface area contributed by atoms with Gasteiger partial charge in [0, 0.05) is 12.8 Å². The van der Waals surface area contributed by atoms with E-state index < -0.39 is 0 Å². The van der Waals surface area contributed by atoms with E-state index in [2.05, 4.69) is 46.8 Å². The largest absolute Gasteiger partial charge is 0.460 e. The normalized spacial score (nSPS) is 11.6. The van der Waals surface area contributed by atoms with Gasteiger partial charge in [0.15, 0.2) is 5.78 Å². The fourth-order valence-corrected chi connectivity index (χ4v) is 5.31. The van der Waals surface area contributed by atoms with Crippen LogP contribution in [0.15, 0.2) is 18.2 Å². The van der Waals surface area contributed by atoms with Crippen LogP contribution in [0.4, 0.5) is 0 Å². The van der Waals surface area contributed by atoms with Crippen LogP contribution in [0.2, 0.25) is 0 Å². The molecule has 0 amide bonds. The number of unbranched alkanes of at least 4 members (excludes halogenated alkanes) is 12. The number of Topliss-reactive ketones (excluding diaryl/α,β-unsaturated/α-hetero) is 1. The minimum atomic E-state index is -0.0877. The monoisotopic (exact) mass is 516 g/mol. The summed E-state index contributed by atoms with van der Waals surface area (Å²) in [6, 6.07) is 6.20. The van der Waals surface area contributed by atoms with E-state index in [1.54, 1.807) is 0 Å². The topological polar surface area (TPSA) is 43.4 Å². The van der Waals surface area contributed by atoms with Crippen molar-refractivity contribution >= 4 is 11.8 Å². The van der Waals surface area contributed by atoms with Crippen molar-refractivity contribution in [3.8, 4) is 0 Å². The van der Waals surface area contributed by atoms with E-state index in [0.29, 0.717) is 37.0 Å². The fraction of sp³-hybridized carbons (Fsp3) is 0.758. The number of nitrogens with zero attached hydrogens (tertiary/aromatic N) is 1. The van der Waals surface area contributed by atoms with Crippen LogP contribution >= 0.6 is 0 Å². The van der Waals surface area contributed by atoms with Crippen molar-refractivity contribution in [2.24, 2.45) is 0 Å². The molecule has 0 N–H and O–H groups in total. The first-order valence-corrected chi connectivity index (χ1v) is 15.4. The summed E-state index contributed by atoms with van der Waals surface area (Å²) < 4.78 is 6.26. The summed E-state index contributed by atoms with van der Waals surface area (Å²) in [6.07, 6.45) is 17.9. The molecule has 37 heavy (non-hydrogen) atoms. The van der Waals surface area contributed by atoms with E-state index >= 15 is 0 Å². The number of carbonyl (C=O) groups excluding carboxylic acids is 2. The Hall–Kier alpha value is -1.68. The summed E-state index contributed by atoms with van der Waals surface area (Å²) in [7, 11) is 0. The summed E-state index contributed by atoms with van der Waals surface area (Å²) in [6.45, 7) is 14.0. The first kappa shape index (κ1) is 33.3. The van der Waals surface area contributed by atoms with Crippen LogP contribution in [0.5, 0.6) is 0 Å². The zero-order chi connectivity index (χ0) is 27.4.